The first-order chi connectivity index (χ1) is 10.4. The predicted molar refractivity (Wildman–Crippen MR) is 99.2 cm³/mol. The molecule has 0 radical (unpaired) electrons. The van der Waals surface area contributed by atoms with Crippen LogP contribution in [0.5, 0.6) is 0 Å². The van der Waals surface area contributed by atoms with E-state index in [2.05, 4.69) is 36.6 Å². The minimum Gasteiger partial charge on any atom is -0.336 e. The zero-order chi connectivity index (χ0) is 16.2. The van der Waals surface area contributed by atoms with Gasteiger partial charge in [0.15, 0.2) is 0 Å². The molecule has 4 heteroatoms. The molecule has 0 aliphatic heterocycles. The highest BCUT2D eigenvalue weighted by Crippen LogP contribution is 2.40. The Kier molecular flexibility index (Phi) is 5.24. The predicted octanol–water partition coefficient (Wildman–Crippen LogP) is 4.18. The van der Waals surface area contributed by atoms with Gasteiger partial charge in [0.05, 0.1) is 11.1 Å². The van der Waals surface area contributed by atoms with Crippen molar-refractivity contribution in [3.05, 3.63) is 71.8 Å². The van der Waals surface area contributed by atoms with E-state index < -0.39 is 11.1 Å². The van der Waals surface area contributed by atoms with Crippen LogP contribution in [0.25, 0.3) is 0 Å². The van der Waals surface area contributed by atoms with Gasteiger partial charge in [0.1, 0.15) is 0 Å². The molecule has 0 heterocycles. The number of amides is 1. The first-order valence-corrected chi connectivity index (χ1v) is 8.29. The molecule has 2 aromatic rings. The van der Waals surface area contributed by atoms with Gasteiger partial charge in [-0.3, -0.25) is 4.79 Å². The fourth-order valence-corrected chi connectivity index (χ4v) is 3.45. The molecule has 3 nitrogen and oxygen atoms in total. The lowest BCUT2D eigenvalue weighted by Gasteiger charge is -2.47. The summed E-state index contributed by atoms with van der Waals surface area (Å²) >= 11 is 1.79. The van der Waals surface area contributed by atoms with E-state index in [0.29, 0.717) is 0 Å². The summed E-state index contributed by atoms with van der Waals surface area (Å²) in [7, 11) is 1.92. The second-order valence-corrected chi connectivity index (χ2v) is 6.61. The van der Waals surface area contributed by atoms with E-state index in [1.807, 2.05) is 55.6 Å². The summed E-state index contributed by atoms with van der Waals surface area (Å²) in [5.74, 6) is 0. The van der Waals surface area contributed by atoms with Crippen molar-refractivity contribution >= 4 is 26.5 Å². The van der Waals surface area contributed by atoms with E-state index in [0.717, 1.165) is 11.1 Å². The third-order valence-corrected chi connectivity index (χ3v) is 4.82. The summed E-state index contributed by atoms with van der Waals surface area (Å²) in [6.45, 7) is 4.17. The van der Waals surface area contributed by atoms with Crippen molar-refractivity contribution in [2.24, 2.45) is 0 Å². The van der Waals surface area contributed by atoms with Crippen LogP contribution in [0, 0.1) is 0 Å². The minimum atomic E-state index is -0.595. The number of carbonyl (C=O) groups excluding carboxylic acids is 1. The van der Waals surface area contributed by atoms with E-state index in [-0.39, 0.29) is 3.91 Å². The molecule has 22 heavy (non-hydrogen) atoms. The number of hydrogen-bond donors (Lipinski definition) is 2. The molecule has 116 valence electrons. The maximum atomic E-state index is 11.9. The molecule has 0 fully saturated rings. The van der Waals surface area contributed by atoms with Gasteiger partial charge in [-0.2, -0.15) is 0 Å². The van der Waals surface area contributed by atoms with Gasteiger partial charge >= 0.3 is 0 Å². The monoisotopic (exact) mass is 408 g/mol. The van der Waals surface area contributed by atoms with Crippen LogP contribution < -0.4 is 10.6 Å². The van der Waals surface area contributed by atoms with Crippen LogP contribution in [0.4, 0.5) is 4.79 Å². The molecule has 0 spiro atoms. The maximum absolute atomic E-state index is 11.9. The van der Waals surface area contributed by atoms with Gasteiger partial charge in [-0.15, -0.1) is 0 Å². The van der Waals surface area contributed by atoms with Crippen LogP contribution in [0.3, 0.4) is 0 Å². The Labute approximate surface area is 145 Å². The lowest BCUT2D eigenvalue weighted by molar-refractivity contribution is 0.175. The van der Waals surface area contributed by atoms with Crippen molar-refractivity contribution in [1.29, 1.82) is 0 Å². The molecule has 0 aliphatic carbocycles. The van der Waals surface area contributed by atoms with E-state index in [9.17, 15) is 4.79 Å². The van der Waals surface area contributed by atoms with Crippen molar-refractivity contribution in [3.63, 3.8) is 0 Å². The minimum absolute atomic E-state index is 0.0821. The van der Waals surface area contributed by atoms with Crippen LogP contribution in [0.15, 0.2) is 60.7 Å². The second-order valence-electron chi connectivity index (χ2n) is 5.63. The molecular formula is C18H21IN2O. The first kappa shape index (κ1) is 17.0. The molecule has 2 atom stereocenters. The fraction of sp³-hybridized carbons (Fsp3) is 0.278. The number of benzene rings is 2. The first-order valence-electron chi connectivity index (χ1n) is 7.21. The van der Waals surface area contributed by atoms with E-state index in [1.165, 1.54) is 0 Å². The van der Waals surface area contributed by atoms with Crippen molar-refractivity contribution in [2.45, 2.75) is 24.9 Å². The second kappa shape index (κ2) is 6.79. The SMILES string of the molecule is CN[C@@](C)(c1ccccc1)[C@](C)(NC(=O)I)c1ccccc1. The molecule has 2 N–H and O–H groups in total. The highest BCUT2D eigenvalue weighted by molar-refractivity contribution is 14.1. The van der Waals surface area contributed by atoms with Crippen molar-refractivity contribution in [2.75, 3.05) is 7.05 Å². The number of halogens is 1. The molecule has 0 saturated carbocycles. The normalized spacial score (nSPS) is 16.4. The average molecular weight is 408 g/mol. The molecule has 0 aromatic heterocycles. The van der Waals surface area contributed by atoms with Crippen LogP contribution in [0.2, 0.25) is 0 Å². The Balaban J connectivity index is 2.63. The van der Waals surface area contributed by atoms with Gasteiger partial charge < -0.3 is 10.6 Å². The standard InChI is InChI=1S/C18H21IN2O/c1-17(20-3,14-10-6-4-7-11-14)18(2,21-16(19)22)15-12-8-5-9-13-15/h4-13,20H,1-3H3,(H,21,22)/t17-,18+/m0/s1. The zero-order valence-electron chi connectivity index (χ0n) is 13.1. The molecule has 2 rings (SSSR count). The summed E-state index contributed by atoms with van der Waals surface area (Å²) in [6.07, 6.45) is 0. The van der Waals surface area contributed by atoms with Crippen LogP contribution in [-0.4, -0.2) is 11.0 Å². The molecular weight excluding hydrogens is 387 g/mol. The Morgan fingerprint density at radius 3 is 1.64 bits per heavy atom. The van der Waals surface area contributed by atoms with Gasteiger partial charge in [0.25, 0.3) is 3.91 Å². The zero-order valence-corrected chi connectivity index (χ0v) is 15.2. The average Bonchev–Trinajstić information content (AvgIpc) is 2.55. The van der Waals surface area contributed by atoms with Gasteiger partial charge in [-0.25, -0.2) is 0 Å². The third kappa shape index (κ3) is 3.03. The highest BCUT2D eigenvalue weighted by atomic mass is 127. The van der Waals surface area contributed by atoms with Gasteiger partial charge in [-0.1, -0.05) is 60.7 Å². The number of likely N-dealkylation sites (N-methyl/N-ethyl adjacent to an activating group) is 1. The van der Waals surface area contributed by atoms with Crippen LogP contribution in [0.1, 0.15) is 25.0 Å². The molecule has 1 amide bonds. The topological polar surface area (TPSA) is 41.1 Å². The number of nitrogens with one attached hydrogen (secondary N) is 2. The number of rotatable bonds is 5. The lowest BCUT2D eigenvalue weighted by atomic mass is 9.70. The van der Waals surface area contributed by atoms with Crippen molar-refractivity contribution in [3.8, 4) is 0 Å². The Morgan fingerprint density at radius 1 is 0.864 bits per heavy atom. The summed E-state index contributed by atoms with van der Waals surface area (Å²) in [6, 6.07) is 20.3. The summed E-state index contributed by atoms with van der Waals surface area (Å²) < 4.78 is -0.0821. The number of carbonyl (C=O) groups is 1. The largest absolute Gasteiger partial charge is 0.336 e. The quantitative estimate of drug-likeness (QED) is 0.443. The van der Waals surface area contributed by atoms with Crippen molar-refractivity contribution < 1.29 is 4.79 Å². The Morgan fingerprint density at radius 2 is 1.27 bits per heavy atom. The van der Waals surface area contributed by atoms with Gasteiger partial charge in [0, 0.05) is 22.6 Å². The van der Waals surface area contributed by atoms with Crippen LogP contribution in [-0.2, 0) is 11.1 Å². The summed E-state index contributed by atoms with van der Waals surface area (Å²) in [4.78, 5) is 11.9. The highest BCUT2D eigenvalue weighted by Gasteiger charge is 2.47. The number of hydrogen-bond acceptors (Lipinski definition) is 2. The Bertz CT molecular complexity index is 632. The van der Waals surface area contributed by atoms with E-state index in [1.54, 1.807) is 22.6 Å². The summed E-state index contributed by atoms with van der Waals surface area (Å²) in [5, 5.41) is 6.57. The molecule has 0 aliphatic rings. The Hall–Kier alpha value is -1.40. The lowest BCUT2D eigenvalue weighted by Crippen LogP contribution is -2.61. The van der Waals surface area contributed by atoms with Gasteiger partial charge in [-0.05, 0) is 32.0 Å². The molecule has 2 aromatic carbocycles. The van der Waals surface area contributed by atoms with E-state index in [4.69, 9.17) is 0 Å². The van der Waals surface area contributed by atoms with Crippen molar-refractivity contribution in [1.82, 2.24) is 10.6 Å². The van der Waals surface area contributed by atoms with E-state index >= 15 is 0 Å². The molecule has 0 unspecified atom stereocenters. The smallest absolute Gasteiger partial charge is 0.281 e. The maximum Gasteiger partial charge on any atom is 0.281 e. The van der Waals surface area contributed by atoms with Gasteiger partial charge in [0.2, 0.25) is 0 Å². The molecule has 0 saturated heterocycles. The summed E-state index contributed by atoms with van der Waals surface area (Å²) in [5.41, 5.74) is 1.12. The third-order valence-electron chi connectivity index (χ3n) is 4.55. The fourth-order valence-electron chi connectivity index (χ4n) is 2.91. The molecule has 0 bridgehead atoms. The van der Waals surface area contributed by atoms with Crippen LogP contribution >= 0.6 is 22.6 Å².